The Balaban J connectivity index is 1.40. The Labute approximate surface area is 196 Å². The molecule has 184 valence electrons. The first kappa shape index (κ1) is 22.2. The summed E-state index contributed by atoms with van der Waals surface area (Å²) >= 11 is 0. The molecule has 3 aromatic heterocycles. The van der Waals surface area contributed by atoms with E-state index in [-0.39, 0.29) is 42.4 Å². The van der Waals surface area contributed by atoms with Gasteiger partial charge in [0.1, 0.15) is 11.3 Å². The molecule has 0 spiro atoms. The molecule has 2 bridgehead atoms. The maximum Gasteiger partial charge on any atom is 0.394 e. The first-order valence-electron chi connectivity index (χ1n) is 11.4. The van der Waals surface area contributed by atoms with E-state index in [1.165, 1.54) is 30.2 Å². The highest BCUT2D eigenvalue weighted by molar-refractivity contribution is 5.81. The van der Waals surface area contributed by atoms with E-state index < -0.39 is 22.6 Å². The molecular formula is C23H23F3N6O3. The highest BCUT2D eigenvalue weighted by Gasteiger charge is 2.79. The van der Waals surface area contributed by atoms with Crippen molar-refractivity contribution >= 4 is 10.9 Å². The average molecular weight is 488 g/mol. The second kappa shape index (κ2) is 7.12. The fourth-order valence-electron chi connectivity index (χ4n) is 6.02. The monoisotopic (exact) mass is 488 g/mol. The molecule has 35 heavy (non-hydrogen) atoms. The summed E-state index contributed by atoms with van der Waals surface area (Å²) in [6.07, 6.45) is -0.632. The molecule has 4 fully saturated rings. The smallest absolute Gasteiger partial charge is 0.373 e. The van der Waals surface area contributed by atoms with Crippen molar-refractivity contribution < 1.29 is 17.9 Å². The van der Waals surface area contributed by atoms with E-state index in [0.717, 1.165) is 10.2 Å². The molecule has 0 aromatic carbocycles. The van der Waals surface area contributed by atoms with E-state index in [1.807, 2.05) is 0 Å². The summed E-state index contributed by atoms with van der Waals surface area (Å²) in [5.41, 5.74) is -1.72. The van der Waals surface area contributed by atoms with Gasteiger partial charge in [0.05, 0.1) is 23.4 Å². The van der Waals surface area contributed by atoms with E-state index in [2.05, 4.69) is 10.1 Å². The number of nitrogens with zero attached hydrogens (tertiary/aromatic N) is 5. The Hall–Kier alpha value is -3.28. The van der Waals surface area contributed by atoms with Crippen molar-refractivity contribution in [1.82, 2.24) is 24.4 Å². The number of nitrogen functional groups attached to an aromatic ring is 1. The lowest BCUT2D eigenvalue weighted by Crippen LogP contribution is -2.70. The number of hydrogen-bond donors (Lipinski definition) is 1. The van der Waals surface area contributed by atoms with Gasteiger partial charge in [-0.1, -0.05) is 0 Å². The van der Waals surface area contributed by atoms with Crippen molar-refractivity contribution in [2.24, 2.45) is 12.5 Å². The highest BCUT2D eigenvalue weighted by atomic mass is 19.4. The molecule has 12 heteroatoms. The normalized spacial score (nSPS) is 30.1. The highest BCUT2D eigenvalue weighted by Crippen LogP contribution is 2.78. The molecule has 7 rings (SSSR count). The standard InChI is InChI=1S/C23H23F3N6O3/c1-31-20(34)17-14(7-28-31)18(21-9-22(10-21,11-21)23(24,25)26)30-19(29-17)12-4-5-35-15(6-12)13-2-3-16(33)32(27)8-13/h2-3,7-8,12,15H,4-6,9-11,27H2,1H3/t12-,15+,21?,22?/m0/s1. The molecule has 4 heterocycles. The maximum atomic E-state index is 13.5. The van der Waals surface area contributed by atoms with Crippen molar-refractivity contribution in [3.63, 3.8) is 0 Å². The second-order valence-electron chi connectivity index (χ2n) is 10.1. The molecule has 2 N–H and O–H groups in total. The molecular weight excluding hydrogens is 465 g/mol. The van der Waals surface area contributed by atoms with Crippen molar-refractivity contribution in [2.45, 2.75) is 55.7 Å². The number of hydrogen-bond acceptors (Lipinski definition) is 7. The molecule has 0 radical (unpaired) electrons. The first-order valence-corrected chi connectivity index (χ1v) is 11.4. The molecule has 0 amide bonds. The van der Waals surface area contributed by atoms with E-state index >= 15 is 0 Å². The minimum absolute atomic E-state index is 0.0291. The van der Waals surface area contributed by atoms with Gasteiger partial charge in [-0.15, -0.1) is 0 Å². The summed E-state index contributed by atoms with van der Waals surface area (Å²) < 4.78 is 48.6. The van der Waals surface area contributed by atoms with Crippen LogP contribution in [-0.2, 0) is 17.2 Å². The van der Waals surface area contributed by atoms with Gasteiger partial charge in [0.15, 0.2) is 0 Å². The predicted octanol–water partition coefficient (Wildman–Crippen LogP) is 2.22. The van der Waals surface area contributed by atoms with Gasteiger partial charge < -0.3 is 10.6 Å². The minimum atomic E-state index is -4.25. The number of pyridine rings is 1. The Morgan fingerprint density at radius 3 is 2.60 bits per heavy atom. The third-order valence-electron chi connectivity index (χ3n) is 7.94. The van der Waals surface area contributed by atoms with Gasteiger partial charge in [-0.25, -0.2) is 19.3 Å². The van der Waals surface area contributed by atoms with Crippen LogP contribution in [-0.4, -0.2) is 37.2 Å². The van der Waals surface area contributed by atoms with Crippen LogP contribution in [0.4, 0.5) is 13.2 Å². The SMILES string of the molecule is Cn1ncc2c(C34CC(C(F)(F)F)(C3)C4)nc([C@H]3CCO[C@@H](c4ccc(=O)n(N)c4)C3)nc2c1=O. The predicted molar refractivity (Wildman–Crippen MR) is 118 cm³/mol. The molecule has 1 saturated heterocycles. The summed E-state index contributed by atoms with van der Waals surface area (Å²) in [6.45, 7) is 0.395. The number of alkyl halides is 3. The number of ether oxygens (including phenoxy) is 1. The Morgan fingerprint density at radius 2 is 1.91 bits per heavy atom. The fourth-order valence-corrected chi connectivity index (χ4v) is 6.02. The van der Waals surface area contributed by atoms with Crippen LogP contribution in [0.3, 0.4) is 0 Å². The number of nitrogens with two attached hydrogens (primary N) is 1. The molecule has 2 atom stereocenters. The summed E-state index contributed by atoms with van der Waals surface area (Å²) in [4.78, 5) is 33.9. The van der Waals surface area contributed by atoms with E-state index in [1.54, 1.807) is 6.07 Å². The van der Waals surface area contributed by atoms with E-state index in [9.17, 15) is 22.8 Å². The van der Waals surface area contributed by atoms with Crippen molar-refractivity contribution in [2.75, 3.05) is 12.4 Å². The van der Waals surface area contributed by atoms with Gasteiger partial charge in [0.2, 0.25) is 0 Å². The van der Waals surface area contributed by atoms with Crippen molar-refractivity contribution in [1.29, 1.82) is 0 Å². The maximum absolute atomic E-state index is 13.5. The van der Waals surface area contributed by atoms with Gasteiger partial charge in [-0.2, -0.15) is 18.3 Å². The molecule has 3 aromatic rings. The summed E-state index contributed by atoms with van der Waals surface area (Å²) in [6, 6.07) is 3.02. The van der Waals surface area contributed by atoms with Crippen LogP contribution in [0.15, 0.2) is 34.1 Å². The quantitative estimate of drug-likeness (QED) is 0.562. The summed E-state index contributed by atoms with van der Waals surface area (Å²) in [5, 5.41) is 4.50. The molecule has 0 unspecified atom stereocenters. The lowest BCUT2D eigenvalue weighted by atomic mass is 9.33. The van der Waals surface area contributed by atoms with Crippen molar-refractivity contribution in [3.05, 3.63) is 62.3 Å². The zero-order valence-corrected chi connectivity index (χ0v) is 18.9. The number of halogens is 3. The average Bonchev–Trinajstić information content (AvgIpc) is 2.75. The largest absolute Gasteiger partial charge is 0.394 e. The number of rotatable bonds is 3. The number of aryl methyl sites for hydroxylation is 1. The fraction of sp³-hybridized carbons (Fsp3) is 0.522. The molecule has 3 saturated carbocycles. The summed E-state index contributed by atoms with van der Waals surface area (Å²) in [7, 11) is 1.51. The Kier molecular flexibility index (Phi) is 4.52. The van der Waals surface area contributed by atoms with Gasteiger partial charge in [-0.3, -0.25) is 9.59 Å². The molecule has 3 aliphatic carbocycles. The molecule has 9 nitrogen and oxygen atoms in total. The second-order valence-corrected chi connectivity index (χ2v) is 10.1. The third-order valence-corrected chi connectivity index (χ3v) is 7.94. The first-order chi connectivity index (χ1) is 16.5. The Morgan fingerprint density at radius 1 is 1.17 bits per heavy atom. The number of fused-ring (bicyclic) bond motifs is 1. The van der Waals surface area contributed by atoms with Gasteiger partial charge >= 0.3 is 6.18 Å². The zero-order valence-electron chi connectivity index (χ0n) is 18.9. The topological polar surface area (TPSA) is 118 Å². The third kappa shape index (κ3) is 3.15. The molecule has 4 aliphatic rings. The molecule has 1 aliphatic heterocycles. The van der Waals surface area contributed by atoms with Crippen LogP contribution in [0, 0.1) is 5.41 Å². The Bertz CT molecular complexity index is 1460. The lowest BCUT2D eigenvalue weighted by molar-refractivity contribution is -0.337. The number of aromatic nitrogens is 5. The van der Waals surface area contributed by atoms with Gasteiger partial charge in [0.25, 0.3) is 11.1 Å². The zero-order chi connectivity index (χ0) is 24.8. The van der Waals surface area contributed by atoms with Crippen LogP contribution < -0.4 is 17.0 Å². The minimum Gasteiger partial charge on any atom is -0.373 e. The van der Waals surface area contributed by atoms with Gasteiger partial charge in [-0.05, 0) is 43.7 Å². The van der Waals surface area contributed by atoms with Crippen LogP contribution in [0.25, 0.3) is 10.9 Å². The van der Waals surface area contributed by atoms with Gasteiger partial charge in [0, 0.05) is 42.6 Å². The summed E-state index contributed by atoms with van der Waals surface area (Å²) in [5.74, 6) is 5.95. The van der Waals surface area contributed by atoms with Crippen LogP contribution >= 0.6 is 0 Å². The lowest BCUT2D eigenvalue weighted by Gasteiger charge is -2.70. The van der Waals surface area contributed by atoms with Crippen LogP contribution in [0.2, 0.25) is 0 Å². The van der Waals surface area contributed by atoms with Crippen LogP contribution in [0.5, 0.6) is 0 Å². The van der Waals surface area contributed by atoms with E-state index in [0.29, 0.717) is 36.4 Å². The van der Waals surface area contributed by atoms with Crippen molar-refractivity contribution in [3.8, 4) is 0 Å². The van der Waals surface area contributed by atoms with E-state index in [4.69, 9.17) is 15.6 Å². The van der Waals surface area contributed by atoms with Crippen LogP contribution in [0.1, 0.15) is 61.2 Å².